The maximum Gasteiger partial charge on any atom is 0.167 e. The number of benzene rings is 1. The Kier molecular flexibility index (Phi) is 6.38. The summed E-state index contributed by atoms with van der Waals surface area (Å²) in [4.78, 5) is 15.3. The first-order chi connectivity index (χ1) is 14.7. The Morgan fingerprint density at radius 3 is 2.73 bits per heavy atom. The van der Waals surface area contributed by atoms with Gasteiger partial charge in [-0.25, -0.2) is 15.0 Å². The molecule has 0 saturated carbocycles. The Morgan fingerprint density at radius 2 is 2.00 bits per heavy atom. The molecule has 0 amide bonds. The van der Waals surface area contributed by atoms with Crippen LogP contribution < -0.4 is 10.1 Å². The van der Waals surface area contributed by atoms with Crippen molar-refractivity contribution in [1.29, 1.82) is 0 Å². The van der Waals surface area contributed by atoms with E-state index in [9.17, 15) is 5.11 Å². The van der Waals surface area contributed by atoms with Crippen LogP contribution in [0.3, 0.4) is 0 Å². The summed E-state index contributed by atoms with van der Waals surface area (Å²) >= 11 is 0. The number of hydrogen-bond donors (Lipinski definition) is 3. The Labute approximate surface area is 174 Å². The lowest BCUT2D eigenvalue weighted by Gasteiger charge is -2.37. The Hall–Kier alpha value is -2.79. The molecule has 2 aromatic heterocycles. The Balaban J connectivity index is 1.55. The van der Waals surface area contributed by atoms with E-state index in [2.05, 4.69) is 25.2 Å². The molecule has 0 radical (unpaired) electrons. The highest BCUT2D eigenvalue weighted by atomic mass is 16.5. The zero-order valence-corrected chi connectivity index (χ0v) is 16.8. The zero-order chi connectivity index (χ0) is 20.9. The van der Waals surface area contributed by atoms with Crippen molar-refractivity contribution in [2.24, 2.45) is 0 Å². The van der Waals surface area contributed by atoms with Gasteiger partial charge in [-0.3, -0.25) is 9.47 Å². The van der Waals surface area contributed by atoms with E-state index in [0.717, 1.165) is 17.9 Å². The van der Waals surface area contributed by atoms with Gasteiger partial charge in [0.05, 0.1) is 32.8 Å². The average molecular weight is 414 g/mol. The number of fused-ring (bicyclic) bond motifs is 1. The molecule has 30 heavy (non-hydrogen) atoms. The molecule has 1 aromatic carbocycles. The number of hydrogen-bond acceptors (Lipinski definition) is 9. The summed E-state index contributed by atoms with van der Waals surface area (Å²) < 4.78 is 13.2. The average Bonchev–Trinajstić information content (AvgIpc) is 3.23. The first-order valence-electron chi connectivity index (χ1n) is 9.85. The second-order valence-electron chi connectivity index (χ2n) is 7.13. The number of imidazole rings is 1. The topological polar surface area (TPSA) is 118 Å². The minimum atomic E-state index is -0.347. The predicted molar refractivity (Wildman–Crippen MR) is 110 cm³/mol. The Morgan fingerprint density at radius 1 is 1.17 bits per heavy atom. The summed E-state index contributed by atoms with van der Waals surface area (Å²) in [6, 6.07) is 7.96. The van der Waals surface area contributed by atoms with Crippen molar-refractivity contribution in [3.05, 3.63) is 42.5 Å². The number of morpholine rings is 1. The third kappa shape index (κ3) is 4.36. The van der Waals surface area contributed by atoms with Crippen LogP contribution in [-0.4, -0.2) is 80.7 Å². The fourth-order valence-electron chi connectivity index (χ4n) is 3.63. The van der Waals surface area contributed by atoms with Gasteiger partial charge >= 0.3 is 0 Å². The highest BCUT2D eigenvalue weighted by Crippen LogP contribution is 2.26. The SMILES string of the molecule is COc1ccc(CN2C[C@@H](CO)O[C@@H](n3cnc4c(NCCO)ncnc43)C2)cc1. The number of methoxy groups -OCH3 is 1. The van der Waals surface area contributed by atoms with Crippen LogP contribution in [0.1, 0.15) is 11.8 Å². The first-order valence-corrected chi connectivity index (χ1v) is 9.85. The molecular weight excluding hydrogens is 388 g/mol. The van der Waals surface area contributed by atoms with Gasteiger partial charge in [0.2, 0.25) is 0 Å². The van der Waals surface area contributed by atoms with E-state index in [1.807, 2.05) is 28.8 Å². The van der Waals surface area contributed by atoms with E-state index < -0.39 is 0 Å². The second kappa shape index (κ2) is 9.35. The van der Waals surface area contributed by atoms with Gasteiger partial charge in [0.25, 0.3) is 0 Å². The van der Waals surface area contributed by atoms with Crippen LogP contribution in [0.15, 0.2) is 36.9 Å². The van der Waals surface area contributed by atoms with Gasteiger partial charge in [0.1, 0.15) is 18.3 Å². The van der Waals surface area contributed by atoms with Crippen molar-refractivity contribution in [2.75, 3.05) is 45.3 Å². The van der Waals surface area contributed by atoms with Crippen molar-refractivity contribution < 1.29 is 19.7 Å². The first kappa shape index (κ1) is 20.5. The van der Waals surface area contributed by atoms with Crippen LogP contribution >= 0.6 is 0 Å². The van der Waals surface area contributed by atoms with Crippen molar-refractivity contribution in [2.45, 2.75) is 18.9 Å². The number of aromatic nitrogens is 4. The van der Waals surface area contributed by atoms with Gasteiger partial charge in [0, 0.05) is 26.2 Å². The number of aliphatic hydroxyl groups is 2. The van der Waals surface area contributed by atoms with Gasteiger partial charge in [-0.2, -0.15) is 0 Å². The summed E-state index contributed by atoms with van der Waals surface area (Å²) in [6.45, 7) is 2.28. The van der Waals surface area contributed by atoms with Crippen LogP contribution in [0.4, 0.5) is 5.82 Å². The molecule has 1 fully saturated rings. The highest BCUT2D eigenvalue weighted by molar-refractivity contribution is 5.82. The van der Waals surface area contributed by atoms with Gasteiger partial charge in [-0.05, 0) is 17.7 Å². The highest BCUT2D eigenvalue weighted by Gasteiger charge is 2.30. The van der Waals surface area contributed by atoms with E-state index >= 15 is 0 Å². The molecule has 10 heteroatoms. The molecular formula is C20H26N6O4. The minimum absolute atomic E-state index is 0.00353. The molecule has 4 rings (SSSR count). The van der Waals surface area contributed by atoms with Crippen molar-refractivity contribution in [3.63, 3.8) is 0 Å². The smallest absolute Gasteiger partial charge is 0.167 e. The summed E-state index contributed by atoms with van der Waals surface area (Å²) in [5.74, 6) is 1.39. The zero-order valence-electron chi connectivity index (χ0n) is 16.8. The molecule has 1 aliphatic heterocycles. The van der Waals surface area contributed by atoms with Crippen LogP contribution in [0.25, 0.3) is 11.2 Å². The van der Waals surface area contributed by atoms with Gasteiger partial charge in [-0.15, -0.1) is 0 Å². The monoisotopic (exact) mass is 414 g/mol. The lowest BCUT2D eigenvalue weighted by atomic mass is 10.1. The van der Waals surface area contributed by atoms with E-state index in [0.29, 0.717) is 36.6 Å². The quantitative estimate of drug-likeness (QED) is 0.488. The molecule has 3 heterocycles. The molecule has 0 unspecified atom stereocenters. The number of rotatable bonds is 8. The second-order valence-corrected chi connectivity index (χ2v) is 7.13. The van der Waals surface area contributed by atoms with Crippen molar-refractivity contribution in [1.82, 2.24) is 24.4 Å². The van der Waals surface area contributed by atoms with Crippen molar-refractivity contribution >= 4 is 17.0 Å². The van der Waals surface area contributed by atoms with Crippen molar-refractivity contribution in [3.8, 4) is 5.75 Å². The lowest BCUT2D eigenvalue weighted by Crippen LogP contribution is -2.46. The van der Waals surface area contributed by atoms with Crippen LogP contribution in [-0.2, 0) is 11.3 Å². The molecule has 3 aromatic rings. The molecule has 0 aliphatic carbocycles. The lowest BCUT2D eigenvalue weighted by molar-refractivity contribution is -0.135. The van der Waals surface area contributed by atoms with E-state index in [4.69, 9.17) is 14.6 Å². The molecule has 160 valence electrons. The van der Waals surface area contributed by atoms with Gasteiger partial charge in [-0.1, -0.05) is 12.1 Å². The molecule has 2 atom stereocenters. The van der Waals surface area contributed by atoms with Crippen LogP contribution in [0, 0.1) is 0 Å². The standard InChI is InChI=1S/C20H26N6O4/c1-29-15-4-2-14(3-5-15)8-25-9-16(11-28)30-17(10-25)26-13-24-18-19(21-6-7-27)22-12-23-20(18)26/h2-5,12-13,16-17,27-28H,6-11H2,1H3,(H,21,22,23)/t16-,17+/m0/s1. The molecule has 1 aliphatic rings. The summed E-state index contributed by atoms with van der Waals surface area (Å²) in [6.07, 6.45) is 2.48. The van der Waals surface area contributed by atoms with E-state index in [1.54, 1.807) is 13.4 Å². The normalized spacial score (nSPS) is 19.8. The van der Waals surface area contributed by atoms with Gasteiger partial charge < -0.3 is 25.0 Å². The molecule has 3 N–H and O–H groups in total. The third-order valence-corrected chi connectivity index (χ3v) is 5.07. The number of nitrogens with one attached hydrogen (secondary N) is 1. The van der Waals surface area contributed by atoms with Crippen LogP contribution in [0.2, 0.25) is 0 Å². The number of aliphatic hydroxyl groups excluding tert-OH is 2. The maximum absolute atomic E-state index is 9.76. The van der Waals surface area contributed by atoms with E-state index in [-0.39, 0.29) is 25.5 Å². The summed E-state index contributed by atoms with van der Waals surface area (Å²) in [5, 5.41) is 21.9. The minimum Gasteiger partial charge on any atom is -0.497 e. The van der Waals surface area contributed by atoms with Crippen LogP contribution in [0.5, 0.6) is 5.75 Å². The summed E-state index contributed by atoms with van der Waals surface area (Å²) in [7, 11) is 1.65. The fraction of sp³-hybridized carbons (Fsp3) is 0.450. The predicted octanol–water partition coefficient (Wildman–Crippen LogP) is 0.631. The summed E-state index contributed by atoms with van der Waals surface area (Å²) in [5.41, 5.74) is 2.40. The maximum atomic E-state index is 9.76. The van der Waals surface area contributed by atoms with E-state index in [1.165, 1.54) is 6.33 Å². The number of anilines is 1. The largest absolute Gasteiger partial charge is 0.497 e. The fourth-order valence-corrected chi connectivity index (χ4v) is 3.63. The number of ether oxygens (including phenoxy) is 2. The molecule has 1 saturated heterocycles. The molecule has 10 nitrogen and oxygen atoms in total. The number of nitrogens with zero attached hydrogens (tertiary/aromatic N) is 5. The van der Waals surface area contributed by atoms with Gasteiger partial charge in [0.15, 0.2) is 17.0 Å². The molecule has 0 spiro atoms. The molecule has 0 bridgehead atoms. The Bertz CT molecular complexity index is 964. The third-order valence-electron chi connectivity index (χ3n) is 5.07.